The van der Waals surface area contributed by atoms with Crippen LogP contribution >= 0.6 is 15.9 Å². The molecule has 1 aliphatic heterocycles. The fourth-order valence-electron chi connectivity index (χ4n) is 3.72. The topological polar surface area (TPSA) is 79.7 Å². The fraction of sp³-hybridized carbons (Fsp3) is 0.125. The minimum atomic E-state index is -0.856. The highest BCUT2D eigenvalue weighted by molar-refractivity contribution is 9.10. The number of amides is 1. The maximum absolute atomic E-state index is 14.3. The summed E-state index contributed by atoms with van der Waals surface area (Å²) in [6.45, 7) is 0.137. The lowest BCUT2D eigenvalue weighted by Gasteiger charge is -2.25. The van der Waals surface area contributed by atoms with Gasteiger partial charge in [0.15, 0.2) is 11.6 Å². The summed E-state index contributed by atoms with van der Waals surface area (Å²) in [5, 5.41) is 11.0. The first-order chi connectivity index (χ1) is 15.4. The zero-order chi connectivity index (χ0) is 22.8. The summed E-state index contributed by atoms with van der Waals surface area (Å²) in [6.07, 6.45) is 3.19. The molecule has 1 fully saturated rings. The molecule has 1 unspecified atom stereocenters. The SMILES string of the molecule is COc1ccc(/C(O)=C2\C(=O)C(=O)N(Cc3ccncc3)C2c2cccc(Br)c2)cc1F. The Labute approximate surface area is 192 Å². The predicted molar refractivity (Wildman–Crippen MR) is 119 cm³/mol. The molecule has 3 aromatic rings. The molecule has 8 heteroatoms. The van der Waals surface area contributed by atoms with Gasteiger partial charge in [-0.2, -0.15) is 0 Å². The summed E-state index contributed by atoms with van der Waals surface area (Å²) in [4.78, 5) is 31.4. The van der Waals surface area contributed by atoms with E-state index in [9.17, 15) is 19.1 Å². The maximum atomic E-state index is 14.3. The number of halogens is 2. The number of hydrogen-bond acceptors (Lipinski definition) is 5. The Morgan fingerprint density at radius 2 is 1.91 bits per heavy atom. The molecule has 0 saturated carbocycles. The first-order valence-corrected chi connectivity index (χ1v) is 10.5. The van der Waals surface area contributed by atoms with Crippen molar-refractivity contribution in [2.24, 2.45) is 0 Å². The number of nitrogens with zero attached hydrogens (tertiary/aromatic N) is 2. The van der Waals surface area contributed by atoms with Gasteiger partial charge in [0.05, 0.1) is 18.7 Å². The lowest BCUT2D eigenvalue weighted by molar-refractivity contribution is -0.140. The molecular formula is C24H18BrFN2O4. The zero-order valence-electron chi connectivity index (χ0n) is 17.0. The van der Waals surface area contributed by atoms with E-state index in [2.05, 4.69) is 20.9 Å². The van der Waals surface area contributed by atoms with Crippen molar-refractivity contribution in [3.05, 3.63) is 99.5 Å². The number of Topliss-reactive ketones (excluding diaryl/α,β-unsaturated/α-hetero) is 1. The molecule has 4 rings (SSSR count). The molecule has 2 heterocycles. The largest absolute Gasteiger partial charge is 0.507 e. The Balaban J connectivity index is 1.87. The van der Waals surface area contributed by atoms with Crippen molar-refractivity contribution >= 4 is 33.4 Å². The Kier molecular flexibility index (Phi) is 6.05. The molecule has 1 amide bonds. The first-order valence-electron chi connectivity index (χ1n) is 9.67. The molecule has 6 nitrogen and oxygen atoms in total. The quantitative estimate of drug-likeness (QED) is 0.317. The molecule has 0 spiro atoms. The number of ketones is 1. The van der Waals surface area contributed by atoms with Crippen molar-refractivity contribution < 1.29 is 23.8 Å². The molecule has 162 valence electrons. The number of aromatic nitrogens is 1. The minimum Gasteiger partial charge on any atom is -0.507 e. The van der Waals surface area contributed by atoms with Crippen LogP contribution in [-0.2, 0) is 16.1 Å². The summed E-state index contributed by atoms with van der Waals surface area (Å²) in [5.41, 5.74) is 1.37. The average molecular weight is 497 g/mol. The van der Waals surface area contributed by atoms with Crippen molar-refractivity contribution in [1.29, 1.82) is 0 Å². The van der Waals surface area contributed by atoms with Crippen LogP contribution in [0.2, 0.25) is 0 Å². The molecular weight excluding hydrogens is 479 g/mol. The van der Waals surface area contributed by atoms with E-state index in [1.54, 1.807) is 42.7 Å². The van der Waals surface area contributed by atoms with Gasteiger partial charge in [-0.3, -0.25) is 14.6 Å². The number of carbonyl (C=O) groups excluding carboxylic acids is 2. The molecule has 32 heavy (non-hydrogen) atoms. The summed E-state index contributed by atoms with van der Waals surface area (Å²) >= 11 is 3.41. The number of methoxy groups -OCH3 is 1. The van der Waals surface area contributed by atoms with Crippen LogP contribution in [0.3, 0.4) is 0 Å². The van der Waals surface area contributed by atoms with Gasteiger partial charge in [0.2, 0.25) is 0 Å². The average Bonchev–Trinajstić information content (AvgIpc) is 3.04. The Morgan fingerprint density at radius 1 is 1.16 bits per heavy atom. The van der Waals surface area contributed by atoms with Crippen LogP contribution in [0.25, 0.3) is 5.76 Å². The number of benzene rings is 2. The number of ether oxygens (including phenoxy) is 1. The standard InChI is InChI=1S/C24H18BrFN2O4/c1-32-19-6-5-16(12-18(19)26)22(29)20-21(15-3-2-4-17(25)11-15)28(24(31)23(20)30)13-14-7-9-27-10-8-14/h2-12,21,29H,13H2,1H3/b22-20+. The van der Waals surface area contributed by atoms with Gasteiger partial charge < -0.3 is 14.7 Å². The second-order valence-electron chi connectivity index (χ2n) is 7.19. The monoisotopic (exact) mass is 496 g/mol. The van der Waals surface area contributed by atoms with E-state index in [4.69, 9.17) is 4.74 Å². The zero-order valence-corrected chi connectivity index (χ0v) is 18.5. The molecule has 0 aliphatic carbocycles. The number of carbonyl (C=O) groups is 2. The fourth-order valence-corrected chi connectivity index (χ4v) is 4.14. The van der Waals surface area contributed by atoms with Crippen LogP contribution in [0.5, 0.6) is 5.75 Å². The van der Waals surface area contributed by atoms with Gasteiger partial charge in [-0.15, -0.1) is 0 Å². The Hall–Kier alpha value is -3.52. The van der Waals surface area contributed by atoms with E-state index in [1.165, 1.54) is 24.1 Å². The molecule has 1 aromatic heterocycles. The molecule has 0 radical (unpaired) electrons. The first kappa shape index (κ1) is 21.7. The minimum absolute atomic E-state index is 0.00299. The number of hydrogen-bond donors (Lipinski definition) is 1. The highest BCUT2D eigenvalue weighted by Gasteiger charge is 2.46. The third kappa shape index (κ3) is 4.01. The maximum Gasteiger partial charge on any atom is 0.295 e. The van der Waals surface area contributed by atoms with Gasteiger partial charge >= 0.3 is 0 Å². The van der Waals surface area contributed by atoms with E-state index < -0.39 is 29.3 Å². The van der Waals surface area contributed by atoms with Gasteiger partial charge in [0.25, 0.3) is 11.7 Å². The number of pyridine rings is 1. The highest BCUT2D eigenvalue weighted by atomic mass is 79.9. The summed E-state index contributed by atoms with van der Waals surface area (Å²) < 4.78 is 19.9. The Bertz CT molecular complexity index is 1230. The number of rotatable bonds is 5. The van der Waals surface area contributed by atoms with Crippen LogP contribution in [0, 0.1) is 5.82 Å². The molecule has 1 aliphatic rings. The van der Waals surface area contributed by atoms with Gasteiger partial charge in [-0.1, -0.05) is 28.1 Å². The van der Waals surface area contributed by atoms with E-state index in [-0.39, 0.29) is 23.4 Å². The van der Waals surface area contributed by atoms with Crippen molar-refractivity contribution in [2.45, 2.75) is 12.6 Å². The summed E-state index contributed by atoms with van der Waals surface area (Å²) in [7, 11) is 1.33. The van der Waals surface area contributed by atoms with Crippen molar-refractivity contribution in [3.63, 3.8) is 0 Å². The number of aliphatic hydroxyl groups excluding tert-OH is 1. The normalized spacial score (nSPS) is 17.6. The van der Waals surface area contributed by atoms with E-state index in [1.807, 2.05) is 6.07 Å². The lowest BCUT2D eigenvalue weighted by atomic mass is 9.95. The van der Waals surface area contributed by atoms with Crippen molar-refractivity contribution in [2.75, 3.05) is 7.11 Å². The van der Waals surface area contributed by atoms with Gasteiger partial charge in [-0.25, -0.2) is 4.39 Å². The van der Waals surface area contributed by atoms with Crippen LogP contribution in [-0.4, -0.2) is 33.8 Å². The van der Waals surface area contributed by atoms with E-state index in [0.29, 0.717) is 5.56 Å². The van der Waals surface area contributed by atoms with Crippen molar-refractivity contribution in [1.82, 2.24) is 9.88 Å². The number of aliphatic hydroxyl groups is 1. The highest BCUT2D eigenvalue weighted by Crippen LogP contribution is 2.41. The van der Waals surface area contributed by atoms with E-state index >= 15 is 0 Å². The Morgan fingerprint density at radius 3 is 2.56 bits per heavy atom. The third-order valence-corrected chi connectivity index (χ3v) is 5.73. The van der Waals surface area contributed by atoms with Gasteiger partial charge in [0.1, 0.15) is 5.76 Å². The smallest absolute Gasteiger partial charge is 0.295 e. The summed E-state index contributed by atoms with van der Waals surface area (Å²) in [5.74, 6) is -2.73. The van der Waals surface area contributed by atoms with Crippen LogP contribution in [0.15, 0.2) is 77.0 Å². The summed E-state index contributed by atoms with van der Waals surface area (Å²) in [6, 6.07) is 13.6. The van der Waals surface area contributed by atoms with Crippen LogP contribution < -0.4 is 4.74 Å². The molecule has 0 bridgehead atoms. The molecule has 1 saturated heterocycles. The van der Waals surface area contributed by atoms with Crippen LogP contribution in [0.4, 0.5) is 4.39 Å². The molecule has 2 aromatic carbocycles. The van der Waals surface area contributed by atoms with Crippen LogP contribution in [0.1, 0.15) is 22.7 Å². The predicted octanol–water partition coefficient (Wildman–Crippen LogP) is 4.61. The third-order valence-electron chi connectivity index (χ3n) is 5.23. The van der Waals surface area contributed by atoms with Gasteiger partial charge in [0, 0.05) is 29.0 Å². The lowest BCUT2D eigenvalue weighted by Crippen LogP contribution is -2.29. The molecule has 1 atom stereocenters. The van der Waals surface area contributed by atoms with E-state index in [0.717, 1.165) is 16.1 Å². The van der Waals surface area contributed by atoms with Crippen molar-refractivity contribution in [3.8, 4) is 5.75 Å². The second kappa shape index (κ2) is 8.92. The van der Waals surface area contributed by atoms with Gasteiger partial charge in [-0.05, 0) is 53.6 Å². The molecule has 1 N–H and O–H groups in total. The second-order valence-corrected chi connectivity index (χ2v) is 8.10. The number of likely N-dealkylation sites (tertiary alicyclic amines) is 1.